The maximum absolute atomic E-state index is 6.13. The van der Waals surface area contributed by atoms with Crippen LogP contribution in [0.25, 0.3) is 0 Å². The summed E-state index contributed by atoms with van der Waals surface area (Å²) in [4.78, 5) is 6.66. The molecular formula is C19H34N4O. The molecule has 0 spiro atoms. The van der Waals surface area contributed by atoms with Crippen LogP contribution in [0.4, 0.5) is 5.69 Å². The molecule has 5 heteroatoms. The summed E-state index contributed by atoms with van der Waals surface area (Å²) in [6.45, 7) is 8.57. The number of ether oxygens (including phenoxy) is 1. The predicted molar refractivity (Wildman–Crippen MR) is 104 cm³/mol. The van der Waals surface area contributed by atoms with Gasteiger partial charge in [0.25, 0.3) is 0 Å². The van der Waals surface area contributed by atoms with Gasteiger partial charge in [0.05, 0.1) is 12.6 Å². The van der Waals surface area contributed by atoms with Crippen molar-refractivity contribution in [2.45, 2.75) is 46.1 Å². The highest BCUT2D eigenvalue weighted by Gasteiger charge is 2.10. The van der Waals surface area contributed by atoms with E-state index in [0.29, 0.717) is 19.1 Å². The second-order valence-corrected chi connectivity index (χ2v) is 6.18. The number of nitrogens with one attached hydrogen (secondary N) is 1. The van der Waals surface area contributed by atoms with Gasteiger partial charge in [-0.05, 0) is 51.4 Å². The number of hydrogen-bond acceptors (Lipinski definition) is 3. The fraction of sp³-hybridized carbons (Fsp3) is 0.632. The first-order valence-electron chi connectivity index (χ1n) is 8.95. The van der Waals surface area contributed by atoms with Crippen LogP contribution in [0.3, 0.4) is 0 Å². The summed E-state index contributed by atoms with van der Waals surface area (Å²) in [6, 6.07) is 6.37. The van der Waals surface area contributed by atoms with Gasteiger partial charge in [-0.1, -0.05) is 32.0 Å². The van der Waals surface area contributed by atoms with E-state index >= 15 is 0 Å². The van der Waals surface area contributed by atoms with Crippen LogP contribution >= 0.6 is 0 Å². The maximum Gasteiger partial charge on any atom is 0.193 e. The smallest absolute Gasteiger partial charge is 0.193 e. The molecule has 136 valence electrons. The van der Waals surface area contributed by atoms with E-state index in [0.717, 1.165) is 31.5 Å². The number of aryl methyl sites for hydroxylation is 2. The number of anilines is 1. The summed E-state index contributed by atoms with van der Waals surface area (Å²) in [6.07, 6.45) is 2.98. The van der Waals surface area contributed by atoms with Crippen LogP contribution in [0.1, 0.15) is 38.3 Å². The molecule has 0 amide bonds. The molecule has 0 radical (unpaired) electrons. The molecule has 0 heterocycles. The summed E-state index contributed by atoms with van der Waals surface area (Å²) in [5.41, 5.74) is 9.76. The van der Waals surface area contributed by atoms with Crippen molar-refractivity contribution in [3.05, 3.63) is 29.3 Å². The zero-order valence-corrected chi connectivity index (χ0v) is 15.9. The highest BCUT2D eigenvalue weighted by Crippen LogP contribution is 2.22. The third-order valence-corrected chi connectivity index (χ3v) is 4.02. The van der Waals surface area contributed by atoms with E-state index < -0.39 is 0 Å². The van der Waals surface area contributed by atoms with Crippen molar-refractivity contribution < 1.29 is 4.74 Å². The Bertz CT molecular complexity index is 492. The van der Waals surface area contributed by atoms with Crippen molar-refractivity contribution in [1.82, 2.24) is 4.90 Å². The minimum absolute atomic E-state index is 0.102. The monoisotopic (exact) mass is 334 g/mol. The van der Waals surface area contributed by atoms with Crippen LogP contribution in [-0.4, -0.2) is 50.8 Å². The summed E-state index contributed by atoms with van der Waals surface area (Å²) in [5, 5.41) is 3.31. The Labute approximate surface area is 147 Å². The van der Waals surface area contributed by atoms with Crippen LogP contribution < -0.4 is 11.1 Å². The fourth-order valence-electron chi connectivity index (χ4n) is 2.64. The first-order chi connectivity index (χ1) is 11.5. The molecule has 0 fully saturated rings. The highest BCUT2D eigenvalue weighted by atomic mass is 16.5. The molecule has 24 heavy (non-hydrogen) atoms. The Balaban J connectivity index is 2.75. The van der Waals surface area contributed by atoms with Gasteiger partial charge in [0.1, 0.15) is 0 Å². The minimum Gasteiger partial charge on any atom is -0.377 e. The number of para-hydroxylation sites is 1. The topological polar surface area (TPSA) is 62.9 Å². The maximum atomic E-state index is 6.13. The molecule has 5 nitrogen and oxygen atoms in total. The SMILES string of the molecule is CCOC(CCN(C)C)CN=C(N)Nc1c(CC)cccc1CC. The van der Waals surface area contributed by atoms with Gasteiger partial charge in [-0.3, -0.25) is 4.99 Å². The Morgan fingerprint density at radius 1 is 1.21 bits per heavy atom. The van der Waals surface area contributed by atoms with E-state index in [2.05, 4.69) is 61.4 Å². The second-order valence-electron chi connectivity index (χ2n) is 6.18. The number of nitrogens with zero attached hydrogens (tertiary/aromatic N) is 2. The lowest BCUT2D eigenvalue weighted by Gasteiger charge is -2.18. The summed E-state index contributed by atoms with van der Waals surface area (Å²) < 4.78 is 5.77. The zero-order valence-electron chi connectivity index (χ0n) is 15.9. The molecule has 1 aromatic carbocycles. The summed E-state index contributed by atoms with van der Waals surface area (Å²) in [5.74, 6) is 0.458. The van der Waals surface area contributed by atoms with Crippen molar-refractivity contribution in [2.75, 3.05) is 39.1 Å². The molecule has 0 aliphatic carbocycles. The van der Waals surface area contributed by atoms with Crippen molar-refractivity contribution in [2.24, 2.45) is 10.7 Å². The van der Waals surface area contributed by atoms with Gasteiger partial charge in [-0.15, -0.1) is 0 Å². The lowest BCUT2D eigenvalue weighted by molar-refractivity contribution is 0.0583. The molecule has 0 saturated heterocycles. The van der Waals surface area contributed by atoms with Crippen LogP contribution in [-0.2, 0) is 17.6 Å². The second kappa shape index (κ2) is 11.0. The van der Waals surface area contributed by atoms with Crippen molar-refractivity contribution >= 4 is 11.6 Å². The van der Waals surface area contributed by atoms with E-state index in [1.165, 1.54) is 11.1 Å². The number of hydrogen-bond donors (Lipinski definition) is 2. The quantitative estimate of drug-likeness (QED) is 0.510. The first-order valence-corrected chi connectivity index (χ1v) is 8.95. The van der Waals surface area contributed by atoms with Crippen LogP contribution in [0, 0.1) is 0 Å². The van der Waals surface area contributed by atoms with E-state index in [4.69, 9.17) is 10.5 Å². The van der Waals surface area contributed by atoms with E-state index in [1.54, 1.807) is 0 Å². The van der Waals surface area contributed by atoms with Crippen molar-refractivity contribution in [1.29, 1.82) is 0 Å². The third-order valence-electron chi connectivity index (χ3n) is 4.02. The molecule has 1 atom stereocenters. The third kappa shape index (κ3) is 6.89. The zero-order chi connectivity index (χ0) is 17.9. The number of guanidine groups is 1. The van der Waals surface area contributed by atoms with Crippen LogP contribution in [0.5, 0.6) is 0 Å². The van der Waals surface area contributed by atoms with Gasteiger partial charge >= 0.3 is 0 Å². The predicted octanol–water partition coefficient (Wildman–Crippen LogP) is 2.89. The van der Waals surface area contributed by atoms with Gasteiger partial charge < -0.3 is 20.7 Å². The Kier molecular flexibility index (Phi) is 9.42. The van der Waals surface area contributed by atoms with Gasteiger partial charge in [0, 0.05) is 18.8 Å². The van der Waals surface area contributed by atoms with Gasteiger partial charge in [0.15, 0.2) is 5.96 Å². The number of rotatable bonds is 10. The summed E-state index contributed by atoms with van der Waals surface area (Å²) >= 11 is 0. The van der Waals surface area contributed by atoms with Gasteiger partial charge in [0.2, 0.25) is 0 Å². The van der Waals surface area contributed by atoms with E-state index in [1.807, 2.05) is 6.92 Å². The molecular weight excluding hydrogens is 300 g/mol. The van der Waals surface area contributed by atoms with Crippen molar-refractivity contribution in [3.63, 3.8) is 0 Å². The van der Waals surface area contributed by atoms with E-state index in [9.17, 15) is 0 Å². The lowest BCUT2D eigenvalue weighted by Crippen LogP contribution is -2.28. The van der Waals surface area contributed by atoms with Crippen LogP contribution in [0.15, 0.2) is 23.2 Å². The first kappa shape index (κ1) is 20.5. The normalized spacial score (nSPS) is 13.3. The molecule has 3 N–H and O–H groups in total. The molecule has 0 bridgehead atoms. The molecule has 1 aromatic rings. The van der Waals surface area contributed by atoms with Crippen LogP contribution in [0.2, 0.25) is 0 Å². The molecule has 0 aliphatic rings. The average molecular weight is 335 g/mol. The molecule has 0 aromatic heterocycles. The Morgan fingerprint density at radius 2 is 1.83 bits per heavy atom. The van der Waals surface area contributed by atoms with Crippen molar-refractivity contribution in [3.8, 4) is 0 Å². The molecule has 1 unspecified atom stereocenters. The van der Waals surface area contributed by atoms with Gasteiger partial charge in [-0.2, -0.15) is 0 Å². The Hall–Kier alpha value is -1.59. The molecule has 0 saturated carbocycles. The number of aliphatic imine (C=N–C) groups is 1. The largest absolute Gasteiger partial charge is 0.377 e. The molecule has 1 rings (SSSR count). The minimum atomic E-state index is 0.102. The van der Waals surface area contributed by atoms with Gasteiger partial charge in [-0.25, -0.2) is 0 Å². The number of nitrogens with two attached hydrogens (primary N) is 1. The summed E-state index contributed by atoms with van der Waals surface area (Å²) in [7, 11) is 4.13. The lowest BCUT2D eigenvalue weighted by atomic mass is 10.0. The Morgan fingerprint density at radius 3 is 2.33 bits per heavy atom. The average Bonchev–Trinajstić information content (AvgIpc) is 2.57. The van der Waals surface area contributed by atoms with E-state index in [-0.39, 0.29) is 6.10 Å². The fourth-order valence-corrected chi connectivity index (χ4v) is 2.64. The number of benzene rings is 1. The highest BCUT2D eigenvalue weighted by molar-refractivity contribution is 5.93. The standard InChI is InChI=1S/C19H34N4O/c1-6-15-10-9-11-16(7-2)18(15)22-19(20)21-14-17(24-8-3)12-13-23(4)5/h9-11,17H,6-8,12-14H2,1-5H3,(H3,20,21,22). The molecule has 0 aliphatic heterocycles.